The largest absolute Gasteiger partial charge is 0.0622 e. The molecule has 10 rings (SSSR count). The summed E-state index contributed by atoms with van der Waals surface area (Å²) in [5.74, 6) is 0. The van der Waals surface area contributed by atoms with Gasteiger partial charge in [0.15, 0.2) is 0 Å². The summed E-state index contributed by atoms with van der Waals surface area (Å²) in [6, 6.07) is 67.0. The zero-order valence-electron chi connectivity index (χ0n) is 26.3. The van der Waals surface area contributed by atoms with Crippen LogP contribution >= 0.6 is 0 Å². The Balaban J connectivity index is 1.20. The van der Waals surface area contributed by atoms with E-state index in [1.807, 2.05) is 0 Å². The minimum Gasteiger partial charge on any atom is -0.0622 e. The van der Waals surface area contributed by atoms with Crippen LogP contribution in [0.5, 0.6) is 0 Å². The van der Waals surface area contributed by atoms with Crippen LogP contribution in [0.2, 0.25) is 0 Å². The van der Waals surface area contributed by atoms with Gasteiger partial charge < -0.3 is 0 Å². The number of rotatable bonds is 4. The minimum absolute atomic E-state index is 1.23. The fraction of sp³-hybridized carbons (Fsp3) is 0. The average molecular weight is 607 g/mol. The molecular weight excluding hydrogens is 577 g/mol. The lowest BCUT2D eigenvalue weighted by Gasteiger charge is -2.19. The topological polar surface area (TPSA) is 0 Å². The van der Waals surface area contributed by atoms with E-state index in [1.54, 1.807) is 0 Å². The molecule has 48 heavy (non-hydrogen) atoms. The Hall–Kier alpha value is -6.24. The zero-order valence-corrected chi connectivity index (χ0v) is 26.3. The highest BCUT2D eigenvalue weighted by molar-refractivity contribution is 6.26. The normalized spacial score (nSPS) is 11.8. The Morgan fingerprint density at radius 3 is 1.42 bits per heavy atom. The SMILES string of the molecule is c1ccc(-c2ccc3c(-c4ccc(-c5ccc6ccc7cccc8ccc5c6c78)cc4)c4ccccc4c(-c4ccccc4)c3c2)cc1. The minimum atomic E-state index is 1.23. The van der Waals surface area contributed by atoms with E-state index in [1.165, 1.54) is 98.4 Å². The Bertz CT molecular complexity index is 2770. The van der Waals surface area contributed by atoms with E-state index in [0.29, 0.717) is 0 Å². The summed E-state index contributed by atoms with van der Waals surface area (Å²) in [6.07, 6.45) is 0. The van der Waals surface area contributed by atoms with E-state index >= 15 is 0 Å². The molecule has 0 heterocycles. The summed E-state index contributed by atoms with van der Waals surface area (Å²) in [6.45, 7) is 0. The molecule has 0 aromatic heterocycles. The van der Waals surface area contributed by atoms with E-state index < -0.39 is 0 Å². The van der Waals surface area contributed by atoms with Gasteiger partial charge in [0.1, 0.15) is 0 Å². The second-order valence-electron chi connectivity index (χ2n) is 12.8. The molecule has 0 spiro atoms. The van der Waals surface area contributed by atoms with Gasteiger partial charge in [0, 0.05) is 0 Å². The number of fused-ring (bicyclic) bond motifs is 2. The molecule has 10 aromatic carbocycles. The van der Waals surface area contributed by atoms with Crippen molar-refractivity contribution < 1.29 is 0 Å². The van der Waals surface area contributed by atoms with E-state index in [4.69, 9.17) is 0 Å². The molecule has 0 saturated carbocycles. The molecule has 0 aliphatic rings. The third-order valence-electron chi connectivity index (χ3n) is 10.2. The van der Waals surface area contributed by atoms with Gasteiger partial charge in [-0.25, -0.2) is 0 Å². The molecule has 0 fully saturated rings. The summed E-state index contributed by atoms with van der Waals surface area (Å²) in [7, 11) is 0. The fourth-order valence-corrected chi connectivity index (χ4v) is 8.02. The summed E-state index contributed by atoms with van der Waals surface area (Å²) in [5, 5.41) is 13.0. The van der Waals surface area contributed by atoms with Gasteiger partial charge in [-0.2, -0.15) is 0 Å². The first-order valence-corrected chi connectivity index (χ1v) is 16.7. The maximum atomic E-state index is 2.39. The van der Waals surface area contributed by atoms with Crippen LogP contribution in [0.25, 0.3) is 98.4 Å². The predicted molar refractivity (Wildman–Crippen MR) is 207 cm³/mol. The quantitative estimate of drug-likeness (QED) is 0.138. The summed E-state index contributed by atoms with van der Waals surface area (Å²) < 4.78 is 0. The lowest BCUT2D eigenvalue weighted by Crippen LogP contribution is -1.92. The standard InChI is InChI=1S/C48H30/c1-3-10-31(11-4-1)38-26-29-43-44(30-38)47(33-12-5-2-6-13-33)41-17-8-7-16-40(41)46(43)36-20-18-32(19-21-36)39-27-24-37-23-22-34-14-9-15-35-25-28-42(39)48(37)45(34)35/h1-30H. The van der Waals surface area contributed by atoms with Crippen molar-refractivity contribution >= 4 is 53.9 Å². The average Bonchev–Trinajstić information content (AvgIpc) is 3.16. The third-order valence-corrected chi connectivity index (χ3v) is 10.2. The van der Waals surface area contributed by atoms with Gasteiger partial charge in [-0.3, -0.25) is 0 Å². The van der Waals surface area contributed by atoms with Crippen LogP contribution in [0.15, 0.2) is 182 Å². The molecule has 0 heteroatoms. The Morgan fingerprint density at radius 1 is 0.229 bits per heavy atom. The van der Waals surface area contributed by atoms with Crippen LogP contribution in [0, 0.1) is 0 Å². The van der Waals surface area contributed by atoms with Crippen LogP contribution < -0.4 is 0 Å². The lowest BCUT2D eigenvalue weighted by molar-refractivity contribution is 1.62. The van der Waals surface area contributed by atoms with Crippen LogP contribution in [0.3, 0.4) is 0 Å². The van der Waals surface area contributed by atoms with Gasteiger partial charge >= 0.3 is 0 Å². The summed E-state index contributed by atoms with van der Waals surface area (Å²) >= 11 is 0. The monoisotopic (exact) mass is 606 g/mol. The van der Waals surface area contributed by atoms with Crippen molar-refractivity contribution in [2.75, 3.05) is 0 Å². The van der Waals surface area contributed by atoms with Crippen LogP contribution in [0.4, 0.5) is 0 Å². The smallest absolute Gasteiger partial charge is 0.00206 e. The zero-order chi connectivity index (χ0) is 31.6. The van der Waals surface area contributed by atoms with Gasteiger partial charge in [0.2, 0.25) is 0 Å². The highest BCUT2D eigenvalue weighted by atomic mass is 14.2. The van der Waals surface area contributed by atoms with Crippen LogP contribution in [0.1, 0.15) is 0 Å². The predicted octanol–water partition coefficient (Wildman–Crippen LogP) is 13.6. The van der Waals surface area contributed by atoms with Crippen molar-refractivity contribution in [1.82, 2.24) is 0 Å². The van der Waals surface area contributed by atoms with Crippen molar-refractivity contribution in [1.29, 1.82) is 0 Å². The van der Waals surface area contributed by atoms with E-state index in [-0.39, 0.29) is 0 Å². The molecule has 0 nitrogen and oxygen atoms in total. The molecular formula is C48H30. The van der Waals surface area contributed by atoms with Crippen LogP contribution in [-0.4, -0.2) is 0 Å². The molecule has 0 aliphatic heterocycles. The first kappa shape index (κ1) is 26.9. The van der Waals surface area contributed by atoms with E-state index in [0.717, 1.165) is 0 Å². The maximum Gasteiger partial charge on any atom is -0.00206 e. The molecule has 0 amide bonds. The van der Waals surface area contributed by atoms with Gasteiger partial charge in [-0.15, -0.1) is 0 Å². The molecule has 0 radical (unpaired) electrons. The van der Waals surface area contributed by atoms with Crippen molar-refractivity contribution in [3.63, 3.8) is 0 Å². The first-order chi connectivity index (χ1) is 23.8. The molecule has 0 atom stereocenters. The van der Waals surface area contributed by atoms with Gasteiger partial charge in [0.25, 0.3) is 0 Å². The number of benzene rings is 10. The Kier molecular flexibility index (Phi) is 5.98. The molecule has 10 aromatic rings. The summed E-state index contributed by atoms with van der Waals surface area (Å²) in [4.78, 5) is 0. The third kappa shape index (κ3) is 4.10. The molecule has 0 unspecified atom stereocenters. The van der Waals surface area contributed by atoms with Gasteiger partial charge in [-0.1, -0.05) is 176 Å². The van der Waals surface area contributed by atoms with Crippen molar-refractivity contribution in [3.05, 3.63) is 182 Å². The molecule has 0 saturated heterocycles. The maximum absolute atomic E-state index is 2.39. The fourth-order valence-electron chi connectivity index (χ4n) is 8.02. The summed E-state index contributed by atoms with van der Waals surface area (Å²) in [5.41, 5.74) is 9.99. The van der Waals surface area contributed by atoms with Gasteiger partial charge in [-0.05, 0) is 104 Å². The van der Waals surface area contributed by atoms with Crippen molar-refractivity contribution in [2.45, 2.75) is 0 Å². The number of hydrogen-bond donors (Lipinski definition) is 0. The highest BCUT2D eigenvalue weighted by Crippen LogP contribution is 2.46. The Labute approximate surface area is 279 Å². The lowest BCUT2D eigenvalue weighted by atomic mass is 9.84. The second kappa shape index (κ2) is 10.7. The molecule has 222 valence electrons. The van der Waals surface area contributed by atoms with E-state index in [9.17, 15) is 0 Å². The second-order valence-corrected chi connectivity index (χ2v) is 12.8. The van der Waals surface area contributed by atoms with E-state index in [2.05, 4.69) is 182 Å². The van der Waals surface area contributed by atoms with Crippen molar-refractivity contribution in [2.24, 2.45) is 0 Å². The molecule has 0 N–H and O–H groups in total. The Morgan fingerprint density at radius 2 is 0.708 bits per heavy atom. The van der Waals surface area contributed by atoms with Gasteiger partial charge in [0.05, 0.1) is 0 Å². The van der Waals surface area contributed by atoms with Crippen LogP contribution in [-0.2, 0) is 0 Å². The molecule has 0 bridgehead atoms. The molecule has 0 aliphatic carbocycles. The number of hydrogen-bond acceptors (Lipinski definition) is 0. The first-order valence-electron chi connectivity index (χ1n) is 16.7. The highest BCUT2D eigenvalue weighted by Gasteiger charge is 2.18. The van der Waals surface area contributed by atoms with Crippen molar-refractivity contribution in [3.8, 4) is 44.5 Å².